The van der Waals surface area contributed by atoms with Gasteiger partial charge in [-0.1, -0.05) is 78.3 Å². The summed E-state index contributed by atoms with van der Waals surface area (Å²) in [5.41, 5.74) is 3.03. The highest BCUT2D eigenvalue weighted by Gasteiger charge is 2.35. The highest BCUT2D eigenvalue weighted by atomic mass is 35.5. The highest BCUT2D eigenvalue weighted by Crippen LogP contribution is 2.41. The quantitative estimate of drug-likeness (QED) is 0.500. The van der Waals surface area contributed by atoms with Crippen LogP contribution in [0.2, 0.25) is 5.02 Å². The van der Waals surface area contributed by atoms with Gasteiger partial charge in [-0.3, -0.25) is 4.98 Å². The van der Waals surface area contributed by atoms with E-state index in [9.17, 15) is 5.11 Å². The van der Waals surface area contributed by atoms with E-state index in [1.54, 1.807) is 12.4 Å². The molecule has 4 rings (SSSR count). The molecular weight excluding hydrogens is 354 g/mol. The Morgan fingerprint density at radius 2 is 1.26 bits per heavy atom. The molecule has 132 valence electrons. The van der Waals surface area contributed by atoms with Crippen molar-refractivity contribution in [3.63, 3.8) is 0 Å². The third-order valence-corrected chi connectivity index (χ3v) is 5.01. The molecule has 3 aromatic carbocycles. The van der Waals surface area contributed by atoms with Crippen molar-refractivity contribution < 1.29 is 5.11 Å². The zero-order chi connectivity index (χ0) is 18.7. The van der Waals surface area contributed by atoms with Crippen LogP contribution in [0.15, 0.2) is 103 Å². The van der Waals surface area contributed by atoms with Crippen molar-refractivity contribution in [3.05, 3.63) is 125 Å². The monoisotopic (exact) mass is 371 g/mol. The predicted octanol–water partition coefficient (Wildman–Crippen LogP) is 5.69. The third-order valence-electron chi connectivity index (χ3n) is 4.76. The third kappa shape index (κ3) is 3.25. The molecule has 0 bridgehead atoms. The first-order valence-corrected chi connectivity index (χ1v) is 9.11. The fourth-order valence-electron chi connectivity index (χ4n) is 3.43. The van der Waals surface area contributed by atoms with E-state index < -0.39 is 5.60 Å². The number of halogens is 1. The number of aliphatic hydroxyl groups is 1. The summed E-state index contributed by atoms with van der Waals surface area (Å²) in [5.74, 6) is 0. The summed E-state index contributed by atoms with van der Waals surface area (Å²) in [4.78, 5) is 4.11. The van der Waals surface area contributed by atoms with Crippen LogP contribution >= 0.6 is 11.6 Å². The minimum absolute atomic E-state index is 0.684. The molecule has 0 spiro atoms. The first-order valence-electron chi connectivity index (χ1n) is 8.73. The molecular formula is C24H18ClNO. The number of benzene rings is 3. The average molecular weight is 372 g/mol. The van der Waals surface area contributed by atoms with Gasteiger partial charge in [-0.25, -0.2) is 0 Å². The smallest absolute Gasteiger partial charge is 0.141 e. The fourth-order valence-corrected chi connectivity index (χ4v) is 3.56. The van der Waals surface area contributed by atoms with Crippen LogP contribution in [0.1, 0.15) is 16.7 Å². The molecule has 0 aliphatic heterocycles. The molecule has 27 heavy (non-hydrogen) atoms. The molecule has 0 saturated heterocycles. The Balaban J connectivity index is 1.99. The van der Waals surface area contributed by atoms with Crippen LogP contribution in [0.3, 0.4) is 0 Å². The normalized spacial score (nSPS) is 13.1. The summed E-state index contributed by atoms with van der Waals surface area (Å²) < 4.78 is 0. The van der Waals surface area contributed by atoms with E-state index in [4.69, 9.17) is 11.6 Å². The van der Waals surface area contributed by atoms with Crippen molar-refractivity contribution in [2.24, 2.45) is 0 Å². The van der Waals surface area contributed by atoms with Gasteiger partial charge in [0.1, 0.15) is 5.60 Å². The number of rotatable bonds is 4. The zero-order valence-corrected chi connectivity index (χ0v) is 15.3. The van der Waals surface area contributed by atoms with E-state index >= 15 is 0 Å². The van der Waals surface area contributed by atoms with Crippen molar-refractivity contribution in [3.8, 4) is 11.1 Å². The molecule has 0 fully saturated rings. The van der Waals surface area contributed by atoms with Crippen molar-refractivity contribution in [2.45, 2.75) is 5.60 Å². The van der Waals surface area contributed by atoms with E-state index in [1.165, 1.54) is 0 Å². The van der Waals surface area contributed by atoms with E-state index in [2.05, 4.69) is 4.98 Å². The maximum Gasteiger partial charge on any atom is 0.141 e. The van der Waals surface area contributed by atoms with Crippen molar-refractivity contribution in [2.75, 3.05) is 0 Å². The highest BCUT2D eigenvalue weighted by molar-refractivity contribution is 6.30. The van der Waals surface area contributed by atoms with Crippen molar-refractivity contribution in [1.82, 2.24) is 4.98 Å². The molecule has 1 N–H and O–H groups in total. The Morgan fingerprint density at radius 3 is 1.96 bits per heavy atom. The fraction of sp³-hybridized carbons (Fsp3) is 0.0417. The molecule has 4 aromatic rings. The van der Waals surface area contributed by atoms with Gasteiger partial charge in [0.15, 0.2) is 0 Å². The largest absolute Gasteiger partial charge is 0.376 e. The first-order chi connectivity index (χ1) is 13.2. The molecule has 0 aliphatic carbocycles. The number of hydrogen-bond donors (Lipinski definition) is 1. The Labute approximate surface area is 163 Å². The molecule has 1 atom stereocenters. The number of aromatic nitrogens is 1. The van der Waals surface area contributed by atoms with Crippen LogP contribution < -0.4 is 0 Å². The van der Waals surface area contributed by atoms with Gasteiger partial charge >= 0.3 is 0 Å². The van der Waals surface area contributed by atoms with Gasteiger partial charge in [-0.2, -0.15) is 0 Å². The lowest BCUT2D eigenvalue weighted by molar-refractivity contribution is 0.126. The van der Waals surface area contributed by atoms with Gasteiger partial charge in [0.2, 0.25) is 0 Å². The van der Waals surface area contributed by atoms with Crippen LogP contribution in [0, 0.1) is 0 Å². The maximum absolute atomic E-state index is 12.1. The molecule has 1 unspecified atom stereocenters. The summed E-state index contributed by atoms with van der Waals surface area (Å²) in [6.07, 6.45) is 3.41. The van der Waals surface area contributed by atoms with Crippen LogP contribution in [-0.2, 0) is 5.60 Å². The van der Waals surface area contributed by atoms with Crippen LogP contribution in [0.25, 0.3) is 11.1 Å². The minimum atomic E-state index is -1.31. The van der Waals surface area contributed by atoms with Crippen molar-refractivity contribution >= 4 is 11.6 Å². The summed E-state index contributed by atoms with van der Waals surface area (Å²) in [6, 6.07) is 29.0. The summed E-state index contributed by atoms with van der Waals surface area (Å²) in [5, 5.41) is 12.8. The van der Waals surface area contributed by atoms with Gasteiger partial charge in [-0.15, -0.1) is 0 Å². The Bertz CT molecular complexity index is 991. The number of pyridine rings is 1. The van der Waals surface area contributed by atoms with Gasteiger partial charge in [0.05, 0.1) is 0 Å². The summed E-state index contributed by atoms with van der Waals surface area (Å²) in [7, 11) is 0. The topological polar surface area (TPSA) is 33.1 Å². The molecule has 0 radical (unpaired) electrons. The Morgan fingerprint density at radius 1 is 0.667 bits per heavy atom. The molecule has 1 heterocycles. The molecule has 2 nitrogen and oxygen atoms in total. The van der Waals surface area contributed by atoms with E-state index in [1.807, 2.05) is 91.0 Å². The van der Waals surface area contributed by atoms with Crippen LogP contribution in [0.5, 0.6) is 0 Å². The molecule has 3 heteroatoms. The zero-order valence-electron chi connectivity index (χ0n) is 14.6. The standard InChI is InChI=1S/C24H18ClNO/c25-21-12-10-18(11-13-21)22-8-4-5-9-23(22)24(27,19-6-2-1-3-7-19)20-14-16-26-17-15-20/h1-17,27H. The van der Waals surface area contributed by atoms with Crippen LogP contribution in [0.4, 0.5) is 0 Å². The van der Waals surface area contributed by atoms with E-state index in [0.29, 0.717) is 5.02 Å². The average Bonchev–Trinajstić information content (AvgIpc) is 2.75. The lowest BCUT2D eigenvalue weighted by Crippen LogP contribution is -2.29. The molecule has 1 aromatic heterocycles. The predicted molar refractivity (Wildman–Crippen MR) is 110 cm³/mol. The first kappa shape index (κ1) is 17.5. The second-order valence-electron chi connectivity index (χ2n) is 6.36. The minimum Gasteiger partial charge on any atom is -0.376 e. The Kier molecular flexibility index (Phi) is 4.76. The number of nitrogens with zero attached hydrogens (tertiary/aromatic N) is 1. The van der Waals surface area contributed by atoms with Gasteiger partial charge in [0, 0.05) is 23.0 Å². The maximum atomic E-state index is 12.1. The summed E-state index contributed by atoms with van der Waals surface area (Å²) >= 11 is 6.06. The van der Waals surface area contributed by atoms with E-state index in [0.717, 1.165) is 27.8 Å². The van der Waals surface area contributed by atoms with Gasteiger partial charge < -0.3 is 5.11 Å². The van der Waals surface area contributed by atoms with Crippen LogP contribution in [-0.4, -0.2) is 10.1 Å². The van der Waals surface area contributed by atoms with Gasteiger partial charge in [0.25, 0.3) is 0 Å². The van der Waals surface area contributed by atoms with Gasteiger partial charge in [-0.05, 0) is 46.5 Å². The molecule has 0 amide bonds. The SMILES string of the molecule is OC(c1ccccc1)(c1ccncc1)c1ccccc1-c1ccc(Cl)cc1. The lowest BCUT2D eigenvalue weighted by Gasteiger charge is -2.32. The Hall–Kier alpha value is -2.94. The molecule has 0 aliphatic rings. The summed E-state index contributed by atoms with van der Waals surface area (Å²) in [6.45, 7) is 0. The van der Waals surface area contributed by atoms with E-state index in [-0.39, 0.29) is 0 Å². The van der Waals surface area contributed by atoms with Crippen molar-refractivity contribution in [1.29, 1.82) is 0 Å². The lowest BCUT2D eigenvalue weighted by atomic mass is 9.77. The second kappa shape index (κ2) is 7.36. The second-order valence-corrected chi connectivity index (χ2v) is 6.80. The molecule has 0 saturated carbocycles. The number of hydrogen-bond acceptors (Lipinski definition) is 2.